The van der Waals surface area contributed by atoms with Crippen molar-refractivity contribution in [3.05, 3.63) is 24.3 Å². The first kappa shape index (κ1) is 12.6. The maximum atomic E-state index is 6.18. The molecule has 3 heteroatoms. The van der Waals surface area contributed by atoms with E-state index in [-0.39, 0.29) is 5.38 Å². The maximum Gasteiger partial charge on any atom is 0.119 e. The molecule has 1 fully saturated rings. The number of alkyl halides is 1. The topological polar surface area (TPSA) is 18.5 Å². The largest absolute Gasteiger partial charge is 0.497 e. The molecule has 1 unspecified atom stereocenters. The Balaban J connectivity index is 1.78. The zero-order chi connectivity index (χ0) is 12.3. The van der Waals surface area contributed by atoms with Crippen LogP contribution in [0.25, 0.3) is 0 Å². The molecular weight excluding hydrogens is 236 g/mol. The molecule has 17 heavy (non-hydrogen) atoms. The zero-order valence-electron chi connectivity index (χ0n) is 10.4. The van der Waals surface area contributed by atoms with Gasteiger partial charge in [0.1, 0.15) is 11.5 Å². The second-order valence-electron chi connectivity index (χ2n) is 4.75. The average molecular weight is 255 g/mol. The van der Waals surface area contributed by atoms with Crippen LogP contribution in [0.15, 0.2) is 24.3 Å². The Morgan fingerprint density at radius 1 is 1.24 bits per heavy atom. The van der Waals surface area contributed by atoms with E-state index in [0.717, 1.165) is 24.5 Å². The number of ether oxygens (including phenoxy) is 2. The molecule has 94 valence electrons. The molecule has 1 aliphatic carbocycles. The number of methoxy groups -OCH3 is 1. The molecule has 0 heterocycles. The molecule has 2 rings (SSSR count). The van der Waals surface area contributed by atoms with E-state index in [9.17, 15) is 0 Å². The van der Waals surface area contributed by atoms with Crippen molar-refractivity contribution in [2.45, 2.75) is 31.6 Å². The minimum atomic E-state index is 0.252. The van der Waals surface area contributed by atoms with Gasteiger partial charge in [0, 0.05) is 5.38 Å². The van der Waals surface area contributed by atoms with Gasteiger partial charge in [-0.1, -0.05) is 0 Å². The molecule has 0 radical (unpaired) electrons. The quantitative estimate of drug-likeness (QED) is 0.718. The molecule has 1 atom stereocenters. The molecule has 0 aliphatic heterocycles. The van der Waals surface area contributed by atoms with Gasteiger partial charge in [0.2, 0.25) is 0 Å². The highest BCUT2D eigenvalue weighted by Crippen LogP contribution is 2.53. The Labute approximate surface area is 108 Å². The Kier molecular flexibility index (Phi) is 3.82. The molecule has 1 aromatic rings. The van der Waals surface area contributed by atoms with Crippen molar-refractivity contribution in [1.82, 2.24) is 0 Å². The van der Waals surface area contributed by atoms with E-state index in [1.54, 1.807) is 7.11 Å². The second kappa shape index (κ2) is 5.18. The smallest absolute Gasteiger partial charge is 0.119 e. The molecule has 0 aromatic heterocycles. The van der Waals surface area contributed by atoms with Gasteiger partial charge < -0.3 is 9.47 Å². The summed E-state index contributed by atoms with van der Waals surface area (Å²) < 4.78 is 10.8. The summed E-state index contributed by atoms with van der Waals surface area (Å²) in [4.78, 5) is 0. The second-order valence-corrected chi connectivity index (χ2v) is 5.41. The number of hydrogen-bond acceptors (Lipinski definition) is 2. The van der Waals surface area contributed by atoms with E-state index in [0.29, 0.717) is 5.41 Å². The van der Waals surface area contributed by atoms with Crippen LogP contribution < -0.4 is 9.47 Å². The van der Waals surface area contributed by atoms with Crippen LogP contribution in [-0.2, 0) is 0 Å². The zero-order valence-corrected chi connectivity index (χ0v) is 11.2. The Morgan fingerprint density at radius 3 is 2.29 bits per heavy atom. The summed E-state index contributed by atoms with van der Waals surface area (Å²) in [5, 5.41) is 0.252. The molecule has 0 spiro atoms. The van der Waals surface area contributed by atoms with E-state index in [1.807, 2.05) is 24.3 Å². The van der Waals surface area contributed by atoms with Crippen molar-refractivity contribution in [3.8, 4) is 11.5 Å². The molecule has 1 aromatic carbocycles. The third-order valence-corrected chi connectivity index (χ3v) is 4.13. The monoisotopic (exact) mass is 254 g/mol. The van der Waals surface area contributed by atoms with Crippen molar-refractivity contribution in [1.29, 1.82) is 0 Å². The molecule has 2 nitrogen and oxygen atoms in total. The number of benzene rings is 1. The Bertz CT molecular complexity index is 355. The predicted molar refractivity (Wildman–Crippen MR) is 70.1 cm³/mol. The molecule has 1 saturated carbocycles. The van der Waals surface area contributed by atoms with E-state index in [4.69, 9.17) is 21.1 Å². The summed E-state index contributed by atoms with van der Waals surface area (Å²) >= 11 is 6.18. The fourth-order valence-electron chi connectivity index (χ4n) is 2.05. The van der Waals surface area contributed by atoms with Crippen LogP contribution >= 0.6 is 11.6 Å². The highest BCUT2D eigenvalue weighted by molar-refractivity contribution is 6.21. The van der Waals surface area contributed by atoms with Crippen molar-refractivity contribution in [2.75, 3.05) is 13.7 Å². The van der Waals surface area contributed by atoms with Crippen molar-refractivity contribution < 1.29 is 9.47 Å². The SMILES string of the molecule is COc1ccc(OCCC2(C(C)Cl)CC2)cc1. The van der Waals surface area contributed by atoms with Crippen LogP contribution in [-0.4, -0.2) is 19.1 Å². The molecule has 0 N–H and O–H groups in total. The van der Waals surface area contributed by atoms with Crippen LogP contribution in [0.5, 0.6) is 11.5 Å². The third kappa shape index (κ3) is 3.06. The van der Waals surface area contributed by atoms with Gasteiger partial charge in [-0.2, -0.15) is 0 Å². The Hall–Kier alpha value is -0.890. The van der Waals surface area contributed by atoms with Gasteiger partial charge in [-0.15, -0.1) is 11.6 Å². The van der Waals surface area contributed by atoms with Crippen LogP contribution in [0, 0.1) is 5.41 Å². The number of rotatable bonds is 6. The van der Waals surface area contributed by atoms with Crippen LogP contribution in [0.2, 0.25) is 0 Å². The number of halogens is 1. The maximum absolute atomic E-state index is 6.18. The third-order valence-electron chi connectivity index (χ3n) is 3.66. The lowest BCUT2D eigenvalue weighted by atomic mass is 9.99. The summed E-state index contributed by atoms with van der Waals surface area (Å²) in [6.45, 7) is 2.82. The summed E-state index contributed by atoms with van der Waals surface area (Å²) in [6, 6.07) is 7.68. The van der Waals surface area contributed by atoms with Crippen molar-refractivity contribution >= 4 is 11.6 Å². The van der Waals surface area contributed by atoms with E-state index >= 15 is 0 Å². The van der Waals surface area contributed by atoms with Crippen molar-refractivity contribution in [3.63, 3.8) is 0 Å². The lowest BCUT2D eigenvalue weighted by Gasteiger charge is -2.17. The molecule has 0 amide bonds. The first-order valence-electron chi connectivity index (χ1n) is 6.07. The van der Waals surface area contributed by atoms with Crippen molar-refractivity contribution in [2.24, 2.45) is 5.41 Å². The van der Waals surface area contributed by atoms with Gasteiger partial charge in [-0.25, -0.2) is 0 Å². The lowest BCUT2D eigenvalue weighted by molar-refractivity contribution is 0.267. The van der Waals surface area contributed by atoms with Crippen LogP contribution in [0.4, 0.5) is 0 Å². The van der Waals surface area contributed by atoms with Crippen LogP contribution in [0.3, 0.4) is 0 Å². The fourth-order valence-corrected chi connectivity index (χ4v) is 2.38. The standard InChI is InChI=1S/C14H19ClO2/c1-11(15)14(7-8-14)9-10-17-13-5-3-12(16-2)4-6-13/h3-6,11H,7-10H2,1-2H3. The van der Waals surface area contributed by atoms with Crippen LogP contribution in [0.1, 0.15) is 26.2 Å². The molecular formula is C14H19ClO2. The highest BCUT2D eigenvalue weighted by Gasteiger charge is 2.46. The summed E-state index contributed by atoms with van der Waals surface area (Å²) in [5.74, 6) is 1.74. The van der Waals surface area contributed by atoms with E-state index < -0.39 is 0 Å². The van der Waals surface area contributed by atoms with Gasteiger partial charge >= 0.3 is 0 Å². The summed E-state index contributed by atoms with van der Waals surface area (Å²) in [5.41, 5.74) is 0.341. The Morgan fingerprint density at radius 2 is 1.82 bits per heavy atom. The minimum Gasteiger partial charge on any atom is -0.497 e. The molecule has 0 saturated heterocycles. The van der Waals surface area contributed by atoms with E-state index in [2.05, 4.69) is 6.92 Å². The lowest BCUT2D eigenvalue weighted by Crippen LogP contribution is -2.16. The normalized spacial score (nSPS) is 18.5. The fraction of sp³-hybridized carbons (Fsp3) is 0.571. The van der Waals surface area contributed by atoms with Gasteiger partial charge in [0.05, 0.1) is 13.7 Å². The van der Waals surface area contributed by atoms with Gasteiger partial charge in [-0.3, -0.25) is 0 Å². The molecule has 0 bridgehead atoms. The summed E-state index contributed by atoms with van der Waals surface area (Å²) in [6.07, 6.45) is 3.52. The van der Waals surface area contributed by atoms with Gasteiger partial charge in [0.15, 0.2) is 0 Å². The molecule has 1 aliphatic rings. The first-order valence-corrected chi connectivity index (χ1v) is 6.51. The van der Waals surface area contributed by atoms with Gasteiger partial charge in [-0.05, 0) is 55.9 Å². The van der Waals surface area contributed by atoms with E-state index in [1.165, 1.54) is 12.8 Å². The predicted octanol–water partition coefficient (Wildman–Crippen LogP) is 3.87. The highest BCUT2D eigenvalue weighted by atomic mass is 35.5. The first-order chi connectivity index (χ1) is 8.16. The van der Waals surface area contributed by atoms with Gasteiger partial charge in [0.25, 0.3) is 0 Å². The minimum absolute atomic E-state index is 0.252. The average Bonchev–Trinajstić information content (AvgIpc) is 3.11. The number of hydrogen-bond donors (Lipinski definition) is 0. The summed E-state index contributed by atoms with van der Waals surface area (Å²) in [7, 11) is 1.66.